The zero-order valence-electron chi connectivity index (χ0n) is 12.6. The van der Waals surface area contributed by atoms with Gasteiger partial charge in [0.2, 0.25) is 0 Å². The molecule has 7 heteroatoms. The molecule has 1 amide bonds. The highest BCUT2D eigenvalue weighted by molar-refractivity contribution is 9.10. The van der Waals surface area contributed by atoms with Crippen LogP contribution in [0.5, 0.6) is 5.75 Å². The second-order valence-corrected chi connectivity index (χ2v) is 6.32. The fourth-order valence-electron chi connectivity index (χ4n) is 2.58. The molecule has 3 nitrogen and oxygen atoms in total. The number of carbonyl (C=O) groups is 1. The molecule has 2 aromatic carbocycles. The summed E-state index contributed by atoms with van der Waals surface area (Å²) in [6.07, 6.45) is -3.34. The van der Waals surface area contributed by atoms with Gasteiger partial charge in [-0.2, -0.15) is 0 Å². The summed E-state index contributed by atoms with van der Waals surface area (Å²) in [4.78, 5) is 13.8. The number of ether oxygens (including phenoxy) is 1. The summed E-state index contributed by atoms with van der Waals surface area (Å²) in [6, 6.07) is 8.47. The Hall–Kier alpha value is -2.02. The smallest absolute Gasteiger partial charge is 0.268 e. The number of alkyl halides is 2. The summed E-state index contributed by atoms with van der Waals surface area (Å²) in [6.45, 7) is 1.65. The number of rotatable bonds is 3. The molecule has 24 heavy (non-hydrogen) atoms. The number of anilines is 1. The van der Waals surface area contributed by atoms with E-state index in [1.54, 1.807) is 13.0 Å². The summed E-state index contributed by atoms with van der Waals surface area (Å²) in [5.41, 5.74) is 0.689. The van der Waals surface area contributed by atoms with Gasteiger partial charge in [0.15, 0.2) is 6.10 Å². The van der Waals surface area contributed by atoms with Crippen molar-refractivity contribution in [1.29, 1.82) is 0 Å². The molecule has 1 atom stereocenters. The normalized spacial score (nSPS) is 17.0. The van der Waals surface area contributed by atoms with E-state index in [9.17, 15) is 18.0 Å². The Labute approximate surface area is 145 Å². The van der Waals surface area contributed by atoms with E-state index in [1.165, 1.54) is 35.2 Å². The van der Waals surface area contributed by atoms with Gasteiger partial charge in [-0.1, -0.05) is 18.2 Å². The molecule has 1 aliphatic rings. The molecule has 0 aliphatic carbocycles. The van der Waals surface area contributed by atoms with Crippen LogP contribution in [0.2, 0.25) is 0 Å². The maximum Gasteiger partial charge on any atom is 0.268 e. The van der Waals surface area contributed by atoms with Crippen molar-refractivity contribution < 1.29 is 22.7 Å². The zero-order chi connectivity index (χ0) is 17.4. The number of amides is 1. The van der Waals surface area contributed by atoms with Crippen LogP contribution in [0.25, 0.3) is 0 Å². The number of hydrogen-bond donors (Lipinski definition) is 0. The van der Waals surface area contributed by atoms with Crippen molar-refractivity contribution in [2.45, 2.75) is 26.0 Å². The average Bonchev–Trinajstić information content (AvgIpc) is 2.54. The SMILES string of the molecule is C[C@H]1Oc2cc(Br)c(F)cc2N(Cc2cccc(C(F)F)c2)C1=O. The summed E-state index contributed by atoms with van der Waals surface area (Å²) in [5, 5.41) is 0. The van der Waals surface area contributed by atoms with E-state index in [-0.39, 0.29) is 28.2 Å². The Morgan fingerprint density at radius 3 is 2.75 bits per heavy atom. The van der Waals surface area contributed by atoms with Crippen molar-refractivity contribution in [3.8, 4) is 5.75 Å². The van der Waals surface area contributed by atoms with Crippen LogP contribution >= 0.6 is 15.9 Å². The van der Waals surface area contributed by atoms with Crippen molar-refractivity contribution in [2.24, 2.45) is 0 Å². The Balaban J connectivity index is 1.99. The first-order chi connectivity index (χ1) is 11.4. The predicted molar refractivity (Wildman–Crippen MR) is 86.8 cm³/mol. The maximum absolute atomic E-state index is 13.9. The van der Waals surface area contributed by atoms with E-state index in [0.29, 0.717) is 11.3 Å². The molecule has 0 saturated heterocycles. The van der Waals surface area contributed by atoms with Crippen molar-refractivity contribution in [3.63, 3.8) is 0 Å². The van der Waals surface area contributed by atoms with E-state index in [4.69, 9.17) is 4.74 Å². The topological polar surface area (TPSA) is 29.5 Å². The van der Waals surface area contributed by atoms with Gasteiger partial charge in [-0.3, -0.25) is 4.79 Å². The molecular formula is C17H13BrF3NO2. The first-order valence-corrected chi connectivity index (χ1v) is 8.00. The van der Waals surface area contributed by atoms with Crippen LogP contribution in [0.15, 0.2) is 40.9 Å². The van der Waals surface area contributed by atoms with Gasteiger partial charge >= 0.3 is 0 Å². The molecule has 0 N–H and O–H groups in total. The van der Waals surface area contributed by atoms with Gasteiger partial charge in [0.25, 0.3) is 12.3 Å². The highest BCUT2D eigenvalue weighted by atomic mass is 79.9. The molecule has 0 spiro atoms. The van der Waals surface area contributed by atoms with E-state index in [2.05, 4.69) is 15.9 Å². The maximum atomic E-state index is 13.9. The lowest BCUT2D eigenvalue weighted by atomic mass is 10.1. The van der Waals surface area contributed by atoms with E-state index < -0.39 is 18.3 Å². The minimum atomic E-state index is -2.59. The van der Waals surface area contributed by atoms with Gasteiger partial charge in [-0.25, -0.2) is 13.2 Å². The van der Waals surface area contributed by atoms with Gasteiger partial charge in [0, 0.05) is 11.6 Å². The highest BCUT2D eigenvalue weighted by Crippen LogP contribution is 2.38. The molecule has 126 valence electrons. The van der Waals surface area contributed by atoms with Crippen LogP contribution in [0, 0.1) is 5.82 Å². The first-order valence-electron chi connectivity index (χ1n) is 7.21. The number of nitrogens with zero attached hydrogens (tertiary/aromatic N) is 1. The van der Waals surface area contributed by atoms with Crippen LogP contribution in [0.1, 0.15) is 24.5 Å². The second kappa shape index (κ2) is 6.47. The molecule has 1 heterocycles. The van der Waals surface area contributed by atoms with E-state index >= 15 is 0 Å². The van der Waals surface area contributed by atoms with Crippen molar-refractivity contribution in [3.05, 3.63) is 57.8 Å². The largest absolute Gasteiger partial charge is 0.479 e. The van der Waals surface area contributed by atoms with Crippen molar-refractivity contribution >= 4 is 27.5 Å². The Morgan fingerprint density at radius 1 is 1.29 bits per heavy atom. The summed E-state index contributed by atoms with van der Waals surface area (Å²) in [5.74, 6) is -0.530. The molecule has 0 bridgehead atoms. The van der Waals surface area contributed by atoms with Crippen molar-refractivity contribution in [1.82, 2.24) is 0 Å². The number of fused-ring (bicyclic) bond motifs is 1. The molecule has 0 radical (unpaired) electrons. The third-order valence-corrected chi connectivity index (χ3v) is 4.36. The molecular weight excluding hydrogens is 387 g/mol. The third kappa shape index (κ3) is 3.13. The predicted octanol–water partition coefficient (Wildman–Crippen LogP) is 4.84. The molecule has 0 fully saturated rings. The van der Waals surface area contributed by atoms with Gasteiger partial charge in [0.1, 0.15) is 11.6 Å². The number of carbonyl (C=O) groups excluding carboxylic acids is 1. The fraction of sp³-hybridized carbons (Fsp3) is 0.235. The Morgan fingerprint density at radius 2 is 2.04 bits per heavy atom. The number of benzene rings is 2. The van der Waals surface area contributed by atoms with Gasteiger partial charge in [-0.05, 0) is 40.5 Å². The molecule has 0 saturated carbocycles. The highest BCUT2D eigenvalue weighted by Gasteiger charge is 2.32. The average molecular weight is 400 g/mol. The van der Waals surface area contributed by atoms with E-state index in [1.807, 2.05) is 0 Å². The summed E-state index contributed by atoms with van der Waals surface area (Å²) < 4.78 is 45.3. The van der Waals surface area contributed by atoms with Crippen LogP contribution in [-0.2, 0) is 11.3 Å². The van der Waals surface area contributed by atoms with Crippen LogP contribution in [0.3, 0.4) is 0 Å². The first kappa shape index (κ1) is 16.8. The molecule has 1 aliphatic heterocycles. The second-order valence-electron chi connectivity index (χ2n) is 5.46. The van der Waals surface area contributed by atoms with Crippen molar-refractivity contribution in [2.75, 3.05) is 4.90 Å². The van der Waals surface area contributed by atoms with E-state index in [0.717, 1.165) is 0 Å². The lowest BCUT2D eigenvalue weighted by Crippen LogP contribution is -2.44. The number of halogens is 4. The summed E-state index contributed by atoms with van der Waals surface area (Å²) >= 11 is 3.08. The molecule has 3 rings (SSSR count). The minimum absolute atomic E-state index is 0.0567. The molecule has 0 unspecified atom stereocenters. The fourth-order valence-corrected chi connectivity index (χ4v) is 2.90. The lowest BCUT2D eigenvalue weighted by molar-refractivity contribution is -0.125. The van der Waals surface area contributed by atoms with Crippen LogP contribution < -0.4 is 9.64 Å². The van der Waals surface area contributed by atoms with Gasteiger partial charge in [-0.15, -0.1) is 0 Å². The standard InChI is InChI=1S/C17H13BrF3NO2/c1-9-17(23)22(8-10-3-2-4-11(5-10)16(20)21)14-7-13(19)12(18)6-15(14)24-9/h2-7,9,16H,8H2,1H3/t9-/m1/s1. The lowest BCUT2D eigenvalue weighted by Gasteiger charge is -2.33. The molecule has 2 aromatic rings. The zero-order valence-corrected chi connectivity index (χ0v) is 14.2. The van der Waals surface area contributed by atoms with Crippen LogP contribution in [0.4, 0.5) is 18.9 Å². The monoisotopic (exact) mass is 399 g/mol. The third-order valence-electron chi connectivity index (χ3n) is 3.75. The van der Waals surface area contributed by atoms with Gasteiger partial charge < -0.3 is 9.64 Å². The Bertz CT molecular complexity index is 797. The molecule has 0 aromatic heterocycles. The van der Waals surface area contributed by atoms with Gasteiger partial charge in [0.05, 0.1) is 16.7 Å². The van der Waals surface area contributed by atoms with Crippen LogP contribution in [-0.4, -0.2) is 12.0 Å². The number of hydrogen-bond acceptors (Lipinski definition) is 2. The quantitative estimate of drug-likeness (QED) is 0.738. The Kier molecular flexibility index (Phi) is 4.54. The summed E-state index contributed by atoms with van der Waals surface area (Å²) in [7, 11) is 0. The minimum Gasteiger partial charge on any atom is -0.479 e.